The standard InChI is InChI=1S/C27H25FN4O4/c1-2-36-24(33)17-32-26(20-5-3-4-6-21(20)28)30-23-12-11-22(29-25(23)27(32)34)18-7-9-19(10-8-18)31-13-15-35-16-14-31/h3-12H,2,13-17H2,1H3. The number of benzene rings is 2. The van der Waals surface area contributed by atoms with Gasteiger partial charge in [0.2, 0.25) is 0 Å². The van der Waals surface area contributed by atoms with Crippen molar-refractivity contribution in [1.29, 1.82) is 0 Å². The van der Waals surface area contributed by atoms with Crippen molar-refractivity contribution in [3.63, 3.8) is 0 Å². The van der Waals surface area contributed by atoms with Crippen molar-refractivity contribution in [1.82, 2.24) is 14.5 Å². The fourth-order valence-corrected chi connectivity index (χ4v) is 4.25. The summed E-state index contributed by atoms with van der Waals surface area (Å²) in [5.74, 6) is -1.12. The fourth-order valence-electron chi connectivity index (χ4n) is 4.25. The van der Waals surface area contributed by atoms with Crippen LogP contribution in [0.3, 0.4) is 0 Å². The molecule has 184 valence electrons. The molecule has 1 saturated heterocycles. The number of hydrogen-bond acceptors (Lipinski definition) is 7. The monoisotopic (exact) mass is 488 g/mol. The first-order valence-corrected chi connectivity index (χ1v) is 11.8. The minimum Gasteiger partial charge on any atom is -0.465 e. The number of morpholine rings is 1. The van der Waals surface area contributed by atoms with E-state index in [1.54, 1.807) is 31.2 Å². The highest BCUT2D eigenvalue weighted by Crippen LogP contribution is 2.25. The molecule has 8 nitrogen and oxygen atoms in total. The van der Waals surface area contributed by atoms with Gasteiger partial charge in [-0.3, -0.25) is 14.2 Å². The zero-order chi connectivity index (χ0) is 25.1. The molecule has 0 radical (unpaired) electrons. The molecule has 0 atom stereocenters. The van der Waals surface area contributed by atoms with Crippen molar-refractivity contribution < 1.29 is 18.7 Å². The number of aromatic nitrogens is 3. The van der Waals surface area contributed by atoms with Crippen molar-refractivity contribution in [3.05, 3.63) is 76.8 Å². The Morgan fingerprint density at radius 2 is 1.78 bits per heavy atom. The molecule has 0 N–H and O–H groups in total. The quantitative estimate of drug-likeness (QED) is 0.383. The Balaban J connectivity index is 1.58. The summed E-state index contributed by atoms with van der Waals surface area (Å²) in [5, 5.41) is 0. The molecule has 0 aliphatic carbocycles. The summed E-state index contributed by atoms with van der Waals surface area (Å²) in [7, 11) is 0. The van der Waals surface area contributed by atoms with Crippen LogP contribution in [0.4, 0.5) is 10.1 Å². The third kappa shape index (κ3) is 4.70. The summed E-state index contributed by atoms with van der Waals surface area (Å²) >= 11 is 0. The lowest BCUT2D eigenvalue weighted by Crippen LogP contribution is -2.36. The lowest BCUT2D eigenvalue weighted by molar-refractivity contribution is -0.143. The van der Waals surface area contributed by atoms with Gasteiger partial charge in [0.05, 0.1) is 36.6 Å². The summed E-state index contributed by atoms with van der Waals surface area (Å²) < 4.78 is 26.2. The molecule has 1 aliphatic heterocycles. The average Bonchev–Trinajstić information content (AvgIpc) is 2.91. The third-order valence-corrected chi connectivity index (χ3v) is 6.05. The van der Waals surface area contributed by atoms with Gasteiger partial charge in [-0.2, -0.15) is 0 Å². The summed E-state index contributed by atoms with van der Waals surface area (Å²) in [4.78, 5) is 37.2. The molecule has 9 heteroatoms. The Morgan fingerprint density at radius 3 is 2.50 bits per heavy atom. The van der Waals surface area contributed by atoms with E-state index in [0.717, 1.165) is 28.9 Å². The number of pyridine rings is 1. The van der Waals surface area contributed by atoms with Gasteiger partial charge in [-0.25, -0.2) is 14.4 Å². The SMILES string of the molecule is CCOC(=O)Cn1c(-c2ccccc2F)nc2ccc(-c3ccc(N4CCOCC4)cc3)nc2c1=O. The minimum absolute atomic E-state index is 0.0445. The molecule has 1 aliphatic rings. The van der Waals surface area contributed by atoms with E-state index in [1.807, 2.05) is 24.3 Å². The Bertz CT molecular complexity index is 1460. The molecule has 2 aromatic carbocycles. The summed E-state index contributed by atoms with van der Waals surface area (Å²) in [6.07, 6.45) is 0. The van der Waals surface area contributed by atoms with Crippen LogP contribution in [0.2, 0.25) is 0 Å². The van der Waals surface area contributed by atoms with Gasteiger partial charge in [0.15, 0.2) is 5.52 Å². The maximum atomic E-state index is 14.6. The Kier molecular flexibility index (Phi) is 6.73. The highest BCUT2D eigenvalue weighted by Gasteiger charge is 2.20. The van der Waals surface area contributed by atoms with E-state index in [1.165, 1.54) is 12.1 Å². The molecule has 0 unspecified atom stereocenters. The molecule has 0 saturated carbocycles. The largest absolute Gasteiger partial charge is 0.465 e. The summed E-state index contributed by atoms with van der Waals surface area (Å²) in [6, 6.07) is 17.4. The number of anilines is 1. The van der Waals surface area contributed by atoms with Crippen LogP contribution in [-0.2, 0) is 20.8 Å². The van der Waals surface area contributed by atoms with E-state index < -0.39 is 23.9 Å². The van der Waals surface area contributed by atoms with Crippen LogP contribution < -0.4 is 10.5 Å². The Labute approximate surface area is 206 Å². The molecule has 3 heterocycles. The minimum atomic E-state index is -0.617. The van der Waals surface area contributed by atoms with E-state index >= 15 is 0 Å². The first kappa shape index (κ1) is 23.6. The summed E-state index contributed by atoms with van der Waals surface area (Å²) in [5.41, 5.74) is 2.50. The normalized spacial score (nSPS) is 13.7. The van der Waals surface area contributed by atoms with E-state index in [2.05, 4.69) is 14.9 Å². The van der Waals surface area contributed by atoms with E-state index in [9.17, 15) is 14.0 Å². The highest BCUT2D eigenvalue weighted by molar-refractivity contribution is 5.80. The van der Waals surface area contributed by atoms with Crippen molar-refractivity contribution in [2.24, 2.45) is 0 Å². The average molecular weight is 489 g/mol. The van der Waals surface area contributed by atoms with Crippen LogP contribution in [0.5, 0.6) is 0 Å². The lowest BCUT2D eigenvalue weighted by Gasteiger charge is -2.28. The van der Waals surface area contributed by atoms with E-state index in [4.69, 9.17) is 9.47 Å². The first-order chi connectivity index (χ1) is 17.5. The van der Waals surface area contributed by atoms with Crippen molar-refractivity contribution in [3.8, 4) is 22.6 Å². The number of esters is 1. The zero-order valence-electron chi connectivity index (χ0n) is 19.8. The molecule has 0 amide bonds. The van der Waals surface area contributed by atoms with Gasteiger partial charge >= 0.3 is 5.97 Å². The molecule has 0 spiro atoms. The number of carbonyl (C=O) groups is 1. The number of nitrogens with zero attached hydrogens (tertiary/aromatic N) is 4. The van der Waals surface area contributed by atoms with Crippen molar-refractivity contribution in [2.75, 3.05) is 37.8 Å². The molecule has 36 heavy (non-hydrogen) atoms. The smallest absolute Gasteiger partial charge is 0.326 e. The van der Waals surface area contributed by atoms with Gasteiger partial charge in [-0.15, -0.1) is 0 Å². The highest BCUT2D eigenvalue weighted by atomic mass is 19.1. The van der Waals surface area contributed by atoms with Gasteiger partial charge < -0.3 is 14.4 Å². The molecular weight excluding hydrogens is 463 g/mol. The van der Waals surface area contributed by atoms with Crippen molar-refractivity contribution >= 4 is 22.7 Å². The molecule has 4 aromatic rings. The van der Waals surface area contributed by atoms with Crippen LogP contribution in [0, 0.1) is 5.82 Å². The second kappa shape index (κ2) is 10.2. The van der Waals surface area contributed by atoms with Gasteiger partial charge in [0.1, 0.15) is 18.2 Å². The number of hydrogen-bond donors (Lipinski definition) is 0. The van der Waals surface area contributed by atoms with Gasteiger partial charge in [-0.05, 0) is 43.3 Å². The number of rotatable bonds is 6. The van der Waals surface area contributed by atoms with Crippen LogP contribution in [-0.4, -0.2) is 53.4 Å². The van der Waals surface area contributed by atoms with Gasteiger partial charge in [-0.1, -0.05) is 24.3 Å². The predicted octanol–water partition coefficient (Wildman–Crippen LogP) is 3.66. The van der Waals surface area contributed by atoms with E-state index in [0.29, 0.717) is 24.4 Å². The Morgan fingerprint density at radius 1 is 1.03 bits per heavy atom. The topological polar surface area (TPSA) is 86.6 Å². The fraction of sp³-hybridized carbons (Fsp3) is 0.259. The number of ether oxygens (including phenoxy) is 2. The van der Waals surface area contributed by atoms with Crippen LogP contribution in [0.1, 0.15) is 6.92 Å². The van der Waals surface area contributed by atoms with Gasteiger partial charge in [0.25, 0.3) is 5.56 Å². The maximum Gasteiger partial charge on any atom is 0.326 e. The van der Waals surface area contributed by atoms with Crippen LogP contribution in [0.25, 0.3) is 33.7 Å². The molecular formula is C27H25FN4O4. The molecule has 2 aromatic heterocycles. The molecule has 5 rings (SSSR count). The predicted molar refractivity (Wildman–Crippen MR) is 134 cm³/mol. The summed E-state index contributed by atoms with van der Waals surface area (Å²) in [6.45, 7) is 4.51. The number of fused-ring (bicyclic) bond motifs is 1. The van der Waals surface area contributed by atoms with Crippen LogP contribution in [0.15, 0.2) is 65.5 Å². The van der Waals surface area contributed by atoms with Crippen LogP contribution >= 0.6 is 0 Å². The van der Waals surface area contributed by atoms with E-state index in [-0.39, 0.29) is 23.5 Å². The second-order valence-electron chi connectivity index (χ2n) is 8.32. The Hall–Kier alpha value is -4.11. The second-order valence-corrected chi connectivity index (χ2v) is 8.32. The molecule has 0 bridgehead atoms. The van der Waals surface area contributed by atoms with Gasteiger partial charge in [0, 0.05) is 24.3 Å². The first-order valence-electron chi connectivity index (χ1n) is 11.8. The molecule has 1 fully saturated rings. The van der Waals surface area contributed by atoms with Crippen molar-refractivity contribution in [2.45, 2.75) is 13.5 Å². The number of carbonyl (C=O) groups excluding carboxylic acids is 1. The number of halogens is 1. The zero-order valence-corrected chi connectivity index (χ0v) is 19.8. The lowest BCUT2D eigenvalue weighted by atomic mass is 10.1. The maximum absolute atomic E-state index is 14.6. The third-order valence-electron chi connectivity index (χ3n) is 6.05.